The zero-order valence-corrected chi connectivity index (χ0v) is 13.8. The van der Waals surface area contributed by atoms with Gasteiger partial charge in [-0.2, -0.15) is 5.26 Å². The van der Waals surface area contributed by atoms with Gasteiger partial charge in [-0.05, 0) is 31.9 Å². The maximum atomic E-state index is 12.0. The Morgan fingerprint density at radius 2 is 2.12 bits per heavy atom. The molecule has 1 aromatic rings. The van der Waals surface area contributed by atoms with E-state index in [2.05, 4.69) is 10.6 Å². The number of nitriles is 1. The molecule has 1 heterocycles. The van der Waals surface area contributed by atoms with Crippen molar-refractivity contribution in [2.75, 3.05) is 25.0 Å². The van der Waals surface area contributed by atoms with E-state index in [-0.39, 0.29) is 11.5 Å². The quantitative estimate of drug-likeness (QED) is 0.455. The summed E-state index contributed by atoms with van der Waals surface area (Å²) in [5.74, 6) is -0.232. The Hall–Kier alpha value is -2.81. The fourth-order valence-corrected chi connectivity index (χ4v) is 2.47. The Labute approximate surface area is 142 Å². The van der Waals surface area contributed by atoms with E-state index in [9.17, 15) is 9.59 Å². The van der Waals surface area contributed by atoms with Crippen LogP contribution >= 0.6 is 0 Å². The molecule has 1 aliphatic heterocycles. The van der Waals surface area contributed by atoms with Crippen LogP contribution in [-0.4, -0.2) is 36.3 Å². The summed E-state index contributed by atoms with van der Waals surface area (Å²) in [6, 6.07) is 9.27. The van der Waals surface area contributed by atoms with Crippen molar-refractivity contribution < 1.29 is 9.59 Å². The van der Waals surface area contributed by atoms with Gasteiger partial charge in [-0.25, -0.2) is 0 Å². The van der Waals surface area contributed by atoms with Crippen molar-refractivity contribution in [2.24, 2.45) is 0 Å². The van der Waals surface area contributed by atoms with Gasteiger partial charge in [-0.15, -0.1) is 0 Å². The smallest absolute Gasteiger partial charge is 0.267 e. The van der Waals surface area contributed by atoms with Crippen molar-refractivity contribution in [3.8, 4) is 6.07 Å². The first-order valence-electron chi connectivity index (χ1n) is 8.09. The van der Waals surface area contributed by atoms with Crippen LogP contribution in [0.4, 0.5) is 5.69 Å². The summed E-state index contributed by atoms with van der Waals surface area (Å²) >= 11 is 0. The average Bonchev–Trinajstić information content (AvgIpc) is 2.98. The lowest BCUT2D eigenvalue weighted by atomic mass is 10.2. The molecular formula is C18H22N4O2. The molecule has 126 valence electrons. The van der Waals surface area contributed by atoms with Gasteiger partial charge in [-0.1, -0.05) is 17.7 Å². The van der Waals surface area contributed by atoms with Gasteiger partial charge in [0.2, 0.25) is 5.91 Å². The maximum Gasteiger partial charge on any atom is 0.267 e. The summed E-state index contributed by atoms with van der Waals surface area (Å²) in [5.41, 5.74) is 1.77. The minimum atomic E-state index is -0.441. The molecule has 0 bridgehead atoms. The van der Waals surface area contributed by atoms with Crippen molar-refractivity contribution in [1.29, 1.82) is 5.26 Å². The Bertz CT molecular complexity index is 659. The average molecular weight is 326 g/mol. The van der Waals surface area contributed by atoms with Crippen LogP contribution in [0.15, 0.2) is 36.0 Å². The Kier molecular flexibility index (Phi) is 6.38. The number of hydrogen-bond donors (Lipinski definition) is 2. The molecule has 0 saturated carbocycles. The maximum absolute atomic E-state index is 12.0. The number of benzene rings is 1. The number of hydrogen-bond acceptors (Lipinski definition) is 4. The molecule has 6 heteroatoms. The van der Waals surface area contributed by atoms with Crippen LogP contribution in [-0.2, 0) is 9.59 Å². The Balaban J connectivity index is 1.76. The van der Waals surface area contributed by atoms with E-state index in [1.807, 2.05) is 30.0 Å². The zero-order valence-electron chi connectivity index (χ0n) is 13.8. The lowest BCUT2D eigenvalue weighted by Crippen LogP contribution is -2.27. The molecule has 1 aliphatic rings. The second-order valence-electron chi connectivity index (χ2n) is 5.78. The molecule has 0 radical (unpaired) electrons. The van der Waals surface area contributed by atoms with Crippen molar-refractivity contribution in [3.63, 3.8) is 0 Å². The second-order valence-corrected chi connectivity index (χ2v) is 5.78. The van der Waals surface area contributed by atoms with Gasteiger partial charge in [0.1, 0.15) is 11.6 Å². The molecule has 1 aromatic carbocycles. The second kappa shape index (κ2) is 8.73. The van der Waals surface area contributed by atoms with Crippen LogP contribution in [0.1, 0.15) is 24.8 Å². The molecule has 2 rings (SSSR count). The SMILES string of the molecule is Cc1ccc(NC(=O)/C(C#N)=C\NCCCN2CCCC2=O)cc1. The molecule has 24 heavy (non-hydrogen) atoms. The first kappa shape index (κ1) is 17.5. The molecule has 0 spiro atoms. The largest absolute Gasteiger partial charge is 0.390 e. The van der Waals surface area contributed by atoms with Crippen molar-refractivity contribution >= 4 is 17.5 Å². The molecule has 0 atom stereocenters. The van der Waals surface area contributed by atoms with Gasteiger partial charge in [0, 0.05) is 37.9 Å². The molecule has 1 fully saturated rings. The van der Waals surface area contributed by atoms with E-state index in [1.165, 1.54) is 6.20 Å². The van der Waals surface area contributed by atoms with E-state index in [0.717, 1.165) is 24.9 Å². The monoisotopic (exact) mass is 326 g/mol. The van der Waals surface area contributed by atoms with Crippen molar-refractivity contribution in [3.05, 3.63) is 41.6 Å². The van der Waals surface area contributed by atoms with Crippen molar-refractivity contribution in [2.45, 2.75) is 26.2 Å². The van der Waals surface area contributed by atoms with Gasteiger partial charge in [0.25, 0.3) is 5.91 Å². The lowest BCUT2D eigenvalue weighted by Gasteiger charge is -2.14. The molecule has 0 aliphatic carbocycles. The summed E-state index contributed by atoms with van der Waals surface area (Å²) < 4.78 is 0. The van der Waals surface area contributed by atoms with Gasteiger partial charge < -0.3 is 15.5 Å². The van der Waals surface area contributed by atoms with Crippen LogP contribution < -0.4 is 10.6 Å². The van der Waals surface area contributed by atoms with Gasteiger partial charge in [0.05, 0.1) is 0 Å². The number of carbonyl (C=O) groups is 2. The summed E-state index contributed by atoms with van der Waals surface area (Å²) in [5, 5.41) is 14.8. The minimum Gasteiger partial charge on any atom is -0.390 e. The van der Waals surface area contributed by atoms with Gasteiger partial charge in [-0.3, -0.25) is 9.59 Å². The number of anilines is 1. The third kappa shape index (κ3) is 5.13. The molecule has 2 N–H and O–H groups in total. The highest BCUT2D eigenvalue weighted by atomic mass is 16.2. The lowest BCUT2D eigenvalue weighted by molar-refractivity contribution is -0.127. The fraction of sp³-hybridized carbons (Fsp3) is 0.389. The summed E-state index contributed by atoms with van der Waals surface area (Å²) in [4.78, 5) is 25.4. The summed E-state index contributed by atoms with van der Waals surface area (Å²) in [7, 11) is 0. The topological polar surface area (TPSA) is 85.2 Å². The molecule has 0 aromatic heterocycles. The number of rotatable bonds is 7. The van der Waals surface area contributed by atoms with Gasteiger partial charge >= 0.3 is 0 Å². The van der Waals surface area contributed by atoms with E-state index in [0.29, 0.717) is 25.2 Å². The molecule has 6 nitrogen and oxygen atoms in total. The number of carbonyl (C=O) groups excluding carboxylic acids is 2. The molecule has 0 unspecified atom stereocenters. The number of nitrogens with one attached hydrogen (secondary N) is 2. The van der Waals surface area contributed by atoms with E-state index >= 15 is 0 Å². The number of likely N-dealkylation sites (tertiary alicyclic amines) is 1. The van der Waals surface area contributed by atoms with Crippen LogP contribution in [0.2, 0.25) is 0 Å². The fourth-order valence-electron chi connectivity index (χ4n) is 2.47. The zero-order chi connectivity index (χ0) is 17.4. The first-order chi connectivity index (χ1) is 11.6. The highest BCUT2D eigenvalue weighted by Gasteiger charge is 2.18. The summed E-state index contributed by atoms with van der Waals surface area (Å²) in [6.45, 7) is 4.10. The number of nitrogens with zero attached hydrogens (tertiary/aromatic N) is 2. The predicted molar refractivity (Wildman–Crippen MR) is 91.9 cm³/mol. The Morgan fingerprint density at radius 1 is 1.38 bits per heavy atom. The number of aryl methyl sites for hydroxylation is 1. The predicted octanol–water partition coefficient (Wildman–Crippen LogP) is 1.94. The standard InChI is InChI=1S/C18H22N4O2/c1-14-5-7-16(8-6-14)21-18(24)15(12-19)13-20-9-3-11-22-10-2-4-17(22)23/h5-8,13,20H,2-4,9-11H2,1H3,(H,21,24)/b15-13-. The minimum absolute atomic E-state index is 0.0211. The van der Waals surface area contributed by atoms with Crippen LogP contribution in [0.25, 0.3) is 0 Å². The van der Waals surface area contributed by atoms with Crippen LogP contribution in [0, 0.1) is 18.3 Å². The molecule has 2 amide bonds. The highest BCUT2D eigenvalue weighted by molar-refractivity contribution is 6.06. The summed E-state index contributed by atoms with van der Waals surface area (Å²) in [6.07, 6.45) is 3.78. The normalized spacial score (nSPS) is 14.4. The Morgan fingerprint density at radius 3 is 2.75 bits per heavy atom. The third-order valence-corrected chi connectivity index (χ3v) is 3.84. The van der Waals surface area contributed by atoms with E-state index in [4.69, 9.17) is 5.26 Å². The molecular weight excluding hydrogens is 304 g/mol. The third-order valence-electron chi connectivity index (χ3n) is 3.84. The van der Waals surface area contributed by atoms with Crippen LogP contribution in [0.3, 0.4) is 0 Å². The molecule has 1 saturated heterocycles. The van der Waals surface area contributed by atoms with E-state index in [1.54, 1.807) is 12.1 Å². The van der Waals surface area contributed by atoms with E-state index < -0.39 is 5.91 Å². The van der Waals surface area contributed by atoms with Gasteiger partial charge in [0.15, 0.2) is 0 Å². The first-order valence-corrected chi connectivity index (χ1v) is 8.09. The number of amides is 2. The van der Waals surface area contributed by atoms with Crippen LogP contribution in [0.5, 0.6) is 0 Å². The highest BCUT2D eigenvalue weighted by Crippen LogP contribution is 2.10. The van der Waals surface area contributed by atoms with Crippen molar-refractivity contribution in [1.82, 2.24) is 10.2 Å².